The second-order valence-electron chi connectivity index (χ2n) is 17.6. The number of carbonyl (C=O) groups excluding carboxylic acids is 1. The van der Waals surface area contributed by atoms with Crippen molar-refractivity contribution in [3.05, 3.63) is 0 Å². The maximum Gasteiger partial charge on any atom is 0.510 e. The zero-order valence-corrected chi connectivity index (χ0v) is 49.2. The number of unbranched alkanes of at least 4 members (excludes halogenated alkanes) is 6. The number of carbonyl (C=O) groups is 1. The highest BCUT2D eigenvalue weighted by atomic mass is 28.4. The summed E-state index contributed by atoms with van der Waals surface area (Å²) in [6.07, 6.45) is 3.67. The van der Waals surface area contributed by atoms with Crippen LogP contribution in [0.2, 0.25) is 11.1 Å². The number of hydrogen-bond donors (Lipinski definition) is 0. The number of methoxy groups -OCH3 is 6. The minimum absolute atomic E-state index is 0.128. The molecule has 0 rings (SSSR count). The van der Waals surface area contributed by atoms with E-state index in [1.807, 2.05) is 0 Å². The SMILES string of the molecule is CCC(CCCCCCC(=O)CCCCCCC(CC)[Si](OC(C)OC(C)OC)(OC(C)OC(C)OC)OC(C)OC(C)OC)[Si](OC(C)OC(C)OC)(OC(C)OC(C)OC)OC(C)OC(C)OC. The maximum atomic E-state index is 13.1. The summed E-state index contributed by atoms with van der Waals surface area (Å²) in [6.45, 7) is 25.7. The highest BCUT2D eigenvalue weighted by Gasteiger charge is 2.54. The molecule has 14 unspecified atom stereocenters. The molecule has 0 aliphatic carbocycles. The smallest absolute Gasteiger partial charge is 0.356 e. The molecular formula is C49H102O19Si2. The third-order valence-corrected chi connectivity index (χ3v) is 19.1. The van der Waals surface area contributed by atoms with E-state index >= 15 is 0 Å². The largest absolute Gasteiger partial charge is 0.510 e. The van der Waals surface area contributed by atoms with Crippen LogP contribution in [0.4, 0.5) is 0 Å². The van der Waals surface area contributed by atoms with Crippen LogP contribution in [0, 0.1) is 0 Å². The minimum atomic E-state index is -3.66. The molecule has 0 spiro atoms. The Balaban J connectivity index is 5.69. The van der Waals surface area contributed by atoms with Gasteiger partial charge in [0.15, 0.2) is 75.5 Å². The Labute approximate surface area is 426 Å². The van der Waals surface area contributed by atoms with Gasteiger partial charge in [0, 0.05) is 66.6 Å². The van der Waals surface area contributed by atoms with Gasteiger partial charge in [0.2, 0.25) is 0 Å². The lowest BCUT2D eigenvalue weighted by molar-refractivity contribution is -0.255. The third-order valence-electron chi connectivity index (χ3n) is 11.8. The zero-order chi connectivity index (χ0) is 53.3. The van der Waals surface area contributed by atoms with Crippen LogP contribution in [-0.4, -0.2) is 142 Å². The lowest BCUT2D eigenvalue weighted by Crippen LogP contribution is -2.56. The van der Waals surface area contributed by atoms with Crippen LogP contribution in [0.5, 0.6) is 0 Å². The molecule has 0 aliphatic heterocycles. The van der Waals surface area contributed by atoms with Crippen LogP contribution in [0.15, 0.2) is 0 Å². The van der Waals surface area contributed by atoms with Gasteiger partial charge < -0.3 is 83.4 Å². The fraction of sp³-hybridized carbons (Fsp3) is 0.980. The molecule has 0 bridgehead atoms. The van der Waals surface area contributed by atoms with Gasteiger partial charge in [0.25, 0.3) is 0 Å². The van der Waals surface area contributed by atoms with Crippen LogP contribution in [0.1, 0.15) is 187 Å². The summed E-state index contributed by atoms with van der Waals surface area (Å²) in [5, 5.41) is 0. The Morgan fingerprint density at radius 3 is 0.700 bits per heavy atom. The topological polar surface area (TPSA) is 183 Å². The average Bonchev–Trinajstić information content (AvgIpc) is 3.29. The Morgan fingerprint density at radius 1 is 0.314 bits per heavy atom. The molecule has 0 aromatic heterocycles. The molecule has 0 amide bonds. The van der Waals surface area contributed by atoms with Crippen molar-refractivity contribution in [1.82, 2.24) is 0 Å². The molecular weight excluding hydrogens is 949 g/mol. The Morgan fingerprint density at radius 2 is 0.514 bits per heavy atom. The molecule has 21 heteroatoms. The number of ketones is 1. The van der Waals surface area contributed by atoms with Crippen molar-refractivity contribution in [2.45, 2.75) is 273 Å². The van der Waals surface area contributed by atoms with Gasteiger partial charge in [-0.05, 0) is 122 Å². The normalized spacial score (nSPS) is 20.2. The quantitative estimate of drug-likeness (QED) is 0.0318. The van der Waals surface area contributed by atoms with Gasteiger partial charge >= 0.3 is 17.6 Å². The Hall–Kier alpha value is -0.616. The lowest BCUT2D eigenvalue weighted by Gasteiger charge is -2.41. The summed E-state index contributed by atoms with van der Waals surface area (Å²) >= 11 is 0. The summed E-state index contributed by atoms with van der Waals surface area (Å²) in [5.41, 5.74) is -0.256. The van der Waals surface area contributed by atoms with Crippen molar-refractivity contribution in [1.29, 1.82) is 0 Å². The van der Waals surface area contributed by atoms with Gasteiger partial charge in [-0.2, -0.15) is 0 Å². The van der Waals surface area contributed by atoms with E-state index in [-0.39, 0.29) is 16.9 Å². The molecule has 0 N–H and O–H groups in total. The third kappa shape index (κ3) is 30.1. The van der Waals surface area contributed by atoms with Crippen molar-refractivity contribution < 1.29 is 88.2 Å². The monoisotopic (exact) mass is 1050 g/mol. The molecule has 0 aromatic carbocycles. The van der Waals surface area contributed by atoms with Crippen molar-refractivity contribution in [2.24, 2.45) is 0 Å². The van der Waals surface area contributed by atoms with Crippen LogP contribution in [0.3, 0.4) is 0 Å². The Bertz CT molecular complexity index is 1070. The van der Waals surface area contributed by atoms with Crippen molar-refractivity contribution in [3.8, 4) is 0 Å². The van der Waals surface area contributed by atoms with Gasteiger partial charge in [-0.15, -0.1) is 0 Å². The van der Waals surface area contributed by atoms with Gasteiger partial charge in [-0.1, -0.05) is 52.4 Å². The highest BCUT2D eigenvalue weighted by Crippen LogP contribution is 2.39. The predicted molar refractivity (Wildman–Crippen MR) is 269 cm³/mol. The summed E-state index contributed by atoms with van der Waals surface area (Å²) < 4.78 is 108. The average molecular weight is 1050 g/mol. The molecule has 19 nitrogen and oxygen atoms in total. The van der Waals surface area contributed by atoms with Gasteiger partial charge in [0.1, 0.15) is 5.78 Å². The molecule has 0 saturated heterocycles. The second-order valence-corrected chi connectivity index (χ2v) is 23.1. The van der Waals surface area contributed by atoms with Crippen molar-refractivity contribution in [2.75, 3.05) is 42.7 Å². The van der Waals surface area contributed by atoms with Crippen LogP contribution in [-0.2, 0) is 88.2 Å². The zero-order valence-electron chi connectivity index (χ0n) is 47.2. The molecule has 0 saturated carbocycles. The number of hydrogen-bond acceptors (Lipinski definition) is 19. The van der Waals surface area contributed by atoms with E-state index in [9.17, 15) is 4.79 Å². The fourth-order valence-corrected chi connectivity index (χ4v) is 14.5. The molecule has 0 heterocycles. The van der Waals surface area contributed by atoms with Crippen LogP contribution < -0.4 is 0 Å². The number of rotatable bonds is 48. The first kappa shape index (κ1) is 69.4. The second kappa shape index (κ2) is 39.7. The van der Waals surface area contributed by atoms with E-state index in [0.717, 1.165) is 64.2 Å². The maximum absolute atomic E-state index is 13.1. The van der Waals surface area contributed by atoms with E-state index in [2.05, 4.69) is 13.8 Å². The summed E-state index contributed by atoms with van der Waals surface area (Å²) in [4.78, 5) is 13.1. The first-order valence-electron chi connectivity index (χ1n) is 25.8. The van der Waals surface area contributed by atoms with Crippen molar-refractivity contribution >= 4 is 23.4 Å². The standard InChI is InChI=1S/C49H102O19Si2/c1-21-48(69(63-41(9)57-35(3)51-15,64-42(10)58-36(4)52-16)65-43(11)59-37(5)53-17)33-29-25-23-27-31-47(50)32-28-24-26-30-34-49(22-2)70(66-44(12)60-38(6)54-18,67-45(13)61-39(7)55-19)68-46(14)62-40(8)56-20/h35-46,48-49H,21-34H2,1-20H3. The van der Waals surface area contributed by atoms with E-state index in [4.69, 9.17) is 83.4 Å². The lowest BCUT2D eigenvalue weighted by atomic mass is 10.0. The summed E-state index contributed by atoms with van der Waals surface area (Å²) in [6, 6.07) is 0. The molecule has 14 atom stereocenters. The first-order chi connectivity index (χ1) is 33.1. The number of Topliss-reactive ketones (excluding diaryl/α,β-unsaturated/α-hetero) is 1. The van der Waals surface area contributed by atoms with E-state index in [0.29, 0.717) is 25.7 Å². The van der Waals surface area contributed by atoms with Crippen molar-refractivity contribution in [3.63, 3.8) is 0 Å². The predicted octanol–water partition coefficient (Wildman–Crippen LogP) is 10.9. The summed E-state index contributed by atoms with van der Waals surface area (Å²) in [5.74, 6) is 0.289. The van der Waals surface area contributed by atoms with E-state index < -0.39 is 93.1 Å². The van der Waals surface area contributed by atoms with E-state index in [1.54, 1.807) is 126 Å². The summed E-state index contributed by atoms with van der Waals surface area (Å²) in [7, 11) is 2.09. The molecule has 0 aromatic rings. The highest BCUT2D eigenvalue weighted by molar-refractivity contribution is 6.63. The van der Waals surface area contributed by atoms with Gasteiger partial charge in [0.05, 0.1) is 0 Å². The molecule has 70 heavy (non-hydrogen) atoms. The fourth-order valence-electron chi connectivity index (χ4n) is 7.77. The van der Waals surface area contributed by atoms with Crippen LogP contribution >= 0.6 is 0 Å². The molecule has 420 valence electrons. The van der Waals surface area contributed by atoms with Gasteiger partial charge in [-0.25, -0.2) is 0 Å². The van der Waals surface area contributed by atoms with Gasteiger partial charge in [-0.3, -0.25) is 4.79 Å². The minimum Gasteiger partial charge on any atom is -0.356 e. The Kier molecular flexibility index (Phi) is 39.4. The molecule has 0 aliphatic rings. The molecule has 0 radical (unpaired) electrons. The van der Waals surface area contributed by atoms with Crippen LogP contribution in [0.25, 0.3) is 0 Å². The molecule has 0 fully saturated rings. The first-order valence-corrected chi connectivity index (χ1v) is 29.4. The number of ether oxygens (including phenoxy) is 12. The van der Waals surface area contributed by atoms with E-state index in [1.165, 1.54) is 0 Å².